The number of benzene rings is 13. The lowest BCUT2D eigenvalue weighted by Crippen LogP contribution is -2.12. The van der Waals surface area contributed by atoms with Gasteiger partial charge in [0.25, 0.3) is 0 Å². The Balaban J connectivity index is 1.23. The zero-order valence-electron chi connectivity index (χ0n) is 45.2. The molecule has 0 aliphatic carbocycles. The highest BCUT2D eigenvalue weighted by Crippen LogP contribution is 2.55. The number of aromatic nitrogens is 2. The lowest BCUT2D eigenvalue weighted by atomic mass is 9.82. The van der Waals surface area contributed by atoms with Gasteiger partial charge in [0.1, 0.15) is 12.1 Å². The van der Waals surface area contributed by atoms with E-state index in [2.05, 4.69) is 255 Å². The highest BCUT2D eigenvalue weighted by atomic mass is 32.1. The van der Waals surface area contributed by atoms with E-state index in [1.807, 2.05) is 0 Å². The minimum Gasteiger partial charge on any atom is -0.306 e. The summed E-state index contributed by atoms with van der Waals surface area (Å²) in [6, 6.07) is 81.0. The Morgan fingerprint density at radius 2 is 0.671 bits per heavy atom. The van der Waals surface area contributed by atoms with Crippen LogP contribution in [0, 0.1) is 50.4 Å². The van der Waals surface area contributed by atoms with Gasteiger partial charge < -0.3 is 9.13 Å². The van der Waals surface area contributed by atoms with Crippen molar-refractivity contribution >= 4 is 150 Å². The maximum atomic E-state index is 12.9. The summed E-state index contributed by atoms with van der Waals surface area (Å²) in [4.78, 5) is 0. The lowest BCUT2D eigenvalue weighted by molar-refractivity contribution is 1.13. The molecule has 0 radical (unpaired) electrons. The smallest absolute Gasteiger partial charge is 0.102 e. The van der Waals surface area contributed by atoms with Crippen LogP contribution in [-0.4, -0.2) is 9.13 Å². The van der Waals surface area contributed by atoms with Crippen LogP contribution < -0.4 is 0 Å². The summed E-state index contributed by atoms with van der Waals surface area (Å²) < 4.78 is 9.60. The molecular weight excluding hydrogens is 1030 g/mol. The number of nitriles is 2. The molecule has 17 rings (SSSR count). The van der Waals surface area contributed by atoms with Gasteiger partial charge in [0.15, 0.2) is 0 Å². The molecule has 0 unspecified atom stereocenters. The second-order valence-corrected chi connectivity index (χ2v) is 24.4. The molecule has 82 heavy (non-hydrogen) atoms. The first-order valence-electron chi connectivity index (χ1n) is 27.9. The molecule has 0 saturated carbocycles. The number of aryl methyl sites for hydroxylation is 4. The molecule has 0 aliphatic rings. The fraction of sp³-hybridized carbons (Fsp3) is 0.0526. The second-order valence-electron chi connectivity index (χ2n) is 22.3. The molecule has 0 saturated heterocycles. The van der Waals surface area contributed by atoms with Gasteiger partial charge in [-0.25, -0.2) is 0 Å². The minimum absolute atomic E-state index is 0.433. The van der Waals surface area contributed by atoms with E-state index in [0.717, 1.165) is 146 Å². The fourth-order valence-electron chi connectivity index (χ4n) is 14.0. The molecule has 0 N–H and O–H groups in total. The molecule has 13 aromatic carbocycles. The van der Waals surface area contributed by atoms with E-state index in [9.17, 15) is 10.5 Å². The van der Waals surface area contributed by atoms with E-state index in [4.69, 9.17) is 0 Å². The molecule has 4 heterocycles. The Bertz CT molecular complexity index is 5610. The third-order valence-corrected chi connectivity index (χ3v) is 20.4. The van der Waals surface area contributed by atoms with Gasteiger partial charge in [0, 0.05) is 63.6 Å². The maximum Gasteiger partial charge on any atom is 0.102 e. The Labute approximate surface area is 479 Å². The quantitative estimate of drug-likeness (QED) is 0.165. The van der Waals surface area contributed by atoms with E-state index in [1.54, 1.807) is 22.7 Å². The van der Waals surface area contributed by atoms with Crippen LogP contribution in [0.3, 0.4) is 0 Å². The largest absolute Gasteiger partial charge is 0.306 e. The van der Waals surface area contributed by atoms with Crippen molar-refractivity contribution < 1.29 is 0 Å². The van der Waals surface area contributed by atoms with Crippen molar-refractivity contribution in [3.8, 4) is 45.8 Å². The highest BCUT2D eigenvalue weighted by molar-refractivity contribution is 7.27. The van der Waals surface area contributed by atoms with Gasteiger partial charge in [-0.1, -0.05) is 158 Å². The van der Waals surface area contributed by atoms with E-state index >= 15 is 0 Å². The average Bonchev–Trinajstić information content (AvgIpc) is 2.50. The first kappa shape index (κ1) is 46.8. The first-order valence-corrected chi connectivity index (χ1v) is 29.5. The lowest BCUT2D eigenvalue weighted by Gasteiger charge is -2.27. The van der Waals surface area contributed by atoms with E-state index < -0.39 is 0 Å². The van der Waals surface area contributed by atoms with Gasteiger partial charge in [0.05, 0.1) is 54.0 Å². The number of fused-ring (bicyclic) bond motifs is 20. The predicted molar refractivity (Wildman–Crippen MR) is 350 cm³/mol. The van der Waals surface area contributed by atoms with Crippen LogP contribution in [0.4, 0.5) is 0 Å². The van der Waals surface area contributed by atoms with Crippen LogP contribution in [0.1, 0.15) is 33.4 Å². The summed E-state index contributed by atoms with van der Waals surface area (Å²) in [6.07, 6.45) is 0. The van der Waals surface area contributed by atoms with Crippen molar-refractivity contribution in [2.75, 3.05) is 0 Å². The molecule has 17 aromatic rings. The zero-order valence-corrected chi connectivity index (χ0v) is 46.9. The first-order chi connectivity index (χ1) is 40.3. The van der Waals surface area contributed by atoms with Crippen molar-refractivity contribution in [3.05, 3.63) is 240 Å². The number of thiophene rings is 2. The monoisotopic (exact) mass is 1080 g/mol. The zero-order chi connectivity index (χ0) is 54.8. The van der Waals surface area contributed by atoms with E-state index in [1.165, 1.54) is 31.3 Å². The molecule has 0 aliphatic heterocycles. The van der Waals surface area contributed by atoms with Crippen LogP contribution in [0.2, 0.25) is 0 Å². The SMILES string of the molecule is Cc1cc2c3ccc4c5ccccc5sc4c3n(-c3c(C#N)c(-c4cc5ccccc5c5ccccc45)c(C#N)c(-n4c5cc(C)c(C)cc5c5ccc6c7ccccc7sc6c54)c3-c3cc4ccccc4c4ccccc34)c2cc1C. The molecule has 0 bridgehead atoms. The molecule has 0 atom stereocenters. The van der Waals surface area contributed by atoms with Crippen LogP contribution in [0.25, 0.3) is 161 Å². The summed E-state index contributed by atoms with van der Waals surface area (Å²) in [5.41, 5.74) is 14.3. The number of rotatable bonds is 4. The number of hydrogen-bond acceptors (Lipinski definition) is 4. The van der Waals surface area contributed by atoms with Gasteiger partial charge >= 0.3 is 0 Å². The van der Waals surface area contributed by atoms with Crippen molar-refractivity contribution in [2.24, 2.45) is 0 Å². The van der Waals surface area contributed by atoms with Crippen molar-refractivity contribution in [2.45, 2.75) is 27.7 Å². The van der Waals surface area contributed by atoms with Crippen molar-refractivity contribution in [3.63, 3.8) is 0 Å². The summed E-state index contributed by atoms with van der Waals surface area (Å²) in [6.45, 7) is 8.80. The van der Waals surface area contributed by atoms with Crippen molar-refractivity contribution in [1.29, 1.82) is 10.5 Å². The molecule has 4 nitrogen and oxygen atoms in total. The van der Waals surface area contributed by atoms with E-state index in [0.29, 0.717) is 16.7 Å². The van der Waals surface area contributed by atoms with Crippen LogP contribution >= 0.6 is 22.7 Å². The van der Waals surface area contributed by atoms with Gasteiger partial charge in [-0.15, -0.1) is 22.7 Å². The highest BCUT2D eigenvalue weighted by Gasteiger charge is 2.35. The Kier molecular flexibility index (Phi) is 9.82. The predicted octanol–water partition coefficient (Wildman–Crippen LogP) is 21.5. The van der Waals surface area contributed by atoms with Gasteiger partial charge in [0.2, 0.25) is 0 Å². The van der Waals surface area contributed by atoms with Gasteiger partial charge in [-0.2, -0.15) is 10.5 Å². The Hall–Kier alpha value is -10.1. The second kappa shape index (κ2) is 17.2. The summed E-state index contributed by atoms with van der Waals surface area (Å²) >= 11 is 3.61. The molecule has 0 fully saturated rings. The molecule has 0 amide bonds. The molecular formula is C76H46N4S2. The minimum atomic E-state index is 0.433. The normalized spacial score (nSPS) is 12.1. The Morgan fingerprint density at radius 3 is 1.11 bits per heavy atom. The standard InChI is InChI=1S/C76H46N4S2/c1-41-33-59-55-29-31-57-53-25-13-15-27-67(53)81-75(57)73(55)79(65(59)35-43(41)3)71-63(39-77)69(61-37-45-17-5-7-19-47(45)49-21-9-11-23-51(49)61)64(40-78)72(70(71)62-38-46-18-6-8-20-48(46)50-22-10-12-24-52(50)62)80-66-36-44(4)42(2)34-60(66)56-30-32-58-54-26-14-16-28-68(54)82-76(58)74(56)80/h5-38H,1-4H3. The molecule has 4 aromatic heterocycles. The number of nitrogens with zero attached hydrogens (tertiary/aromatic N) is 4. The van der Waals surface area contributed by atoms with Crippen LogP contribution in [0.15, 0.2) is 206 Å². The van der Waals surface area contributed by atoms with Crippen molar-refractivity contribution in [1.82, 2.24) is 9.13 Å². The number of hydrogen-bond donors (Lipinski definition) is 0. The summed E-state index contributed by atoms with van der Waals surface area (Å²) in [5, 5.41) is 43.4. The van der Waals surface area contributed by atoms with E-state index in [-0.39, 0.29) is 0 Å². The Morgan fingerprint density at radius 1 is 0.317 bits per heavy atom. The van der Waals surface area contributed by atoms with Crippen LogP contribution in [-0.2, 0) is 0 Å². The molecule has 6 heteroatoms. The van der Waals surface area contributed by atoms with Gasteiger partial charge in [-0.3, -0.25) is 0 Å². The summed E-state index contributed by atoms with van der Waals surface area (Å²) in [5.74, 6) is 0. The van der Waals surface area contributed by atoms with Gasteiger partial charge in [-0.05, 0) is 153 Å². The third-order valence-electron chi connectivity index (χ3n) is 18.0. The topological polar surface area (TPSA) is 57.4 Å². The van der Waals surface area contributed by atoms with Crippen LogP contribution in [0.5, 0.6) is 0 Å². The molecule has 0 spiro atoms. The third kappa shape index (κ3) is 6.28. The average molecular weight is 1080 g/mol. The summed E-state index contributed by atoms with van der Waals surface area (Å²) in [7, 11) is 0. The fourth-order valence-corrected chi connectivity index (χ4v) is 16.5. The molecule has 382 valence electrons. The maximum absolute atomic E-state index is 12.9.